The number of aromatic amines is 1. The molecule has 0 spiro atoms. The van der Waals surface area contributed by atoms with Crippen LogP contribution in [0.2, 0.25) is 0 Å². The SMILES string of the molecule is COc1cn(C2OC(COP(=O)([O-])OP(=O)([O-])O[P+](=O)[O-])C(O)C2O)c(=O)[nH]c1=O. The number of methoxy groups -OCH3 is 1. The lowest BCUT2D eigenvalue weighted by atomic mass is 10.1. The third-order valence-corrected chi connectivity index (χ3v) is 6.93. The molecular formula is C10H13N2O15P3-2. The van der Waals surface area contributed by atoms with Gasteiger partial charge in [-0.1, -0.05) is 4.31 Å². The molecule has 7 unspecified atom stereocenters. The van der Waals surface area contributed by atoms with Crippen LogP contribution in [0.4, 0.5) is 0 Å². The average molecular weight is 494 g/mol. The van der Waals surface area contributed by atoms with Crippen LogP contribution in [0.3, 0.4) is 0 Å². The van der Waals surface area contributed by atoms with Crippen LogP contribution in [0, 0.1) is 0 Å². The highest BCUT2D eigenvalue weighted by Crippen LogP contribution is 2.58. The van der Waals surface area contributed by atoms with Gasteiger partial charge in [-0.15, -0.1) is 0 Å². The van der Waals surface area contributed by atoms with Crippen LogP contribution in [-0.4, -0.2) is 51.8 Å². The zero-order valence-electron chi connectivity index (χ0n) is 14.6. The second-order valence-electron chi connectivity index (χ2n) is 5.49. The Kier molecular flexibility index (Phi) is 7.85. The van der Waals surface area contributed by atoms with Crippen molar-refractivity contribution in [3.8, 4) is 5.75 Å². The number of rotatable bonds is 9. The average Bonchev–Trinajstić information content (AvgIpc) is 2.86. The molecule has 0 amide bonds. The summed E-state index contributed by atoms with van der Waals surface area (Å²) in [6, 6.07) is 0. The van der Waals surface area contributed by atoms with E-state index in [-0.39, 0.29) is 5.75 Å². The lowest BCUT2D eigenvalue weighted by Crippen LogP contribution is -2.38. The summed E-state index contributed by atoms with van der Waals surface area (Å²) < 4.78 is 54.3. The van der Waals surface area contributed by atoms with Crippen molar-refractivity contribution in [2.24, 2.45) is 0 Å². The van der Waals surface area contributed by atoms with E-state index in [4.69, 9.17) is 9.47 Å². The van der Waals surface area contributed by atoms with E-state index >= 15 is 0 Å². The molecule has 3 N–H and O–H groups in total. The second kappa shape index (κ2) is 9.44. The molecule has 7 atom stereocenters. The molecule has 1 saturated heterocycles. The van der Waals surface area contributed by atoms with Gasteiger partial charge in [0.05, 0.1) is 19.9 Å². The minimum atomic E-state index is -5.83. The van der Waals surface area contributed by atoms with Crippen molar-refractivity contribution >= 4 is 23.9 Å². The van der Waals surface area contributed by atoms with E-state index in [1.54, 1.807) is 0 Å². The van der Waals surface area contributed by atoms with Gasteiger partial charge in [-0.05, 0) is 4.57 Å². The molecule has 170 valence electrons. The van der Waals surface area contributed by atoms with E-state index in [1.807, 2.05) is 4.98 Å². The summed E-state index contributed by atoms with van der Waals surface area (Å²) in [6.07, 6.45) is -6.06. The molecule has 0 aromatic carbocycles. The predicted octanol–water partition coefficient (Wildman–Crippen LogP) is -3.83. The summed E-state index contributed by atoms with van der Waals surface area (Å²) in [7, 11) is -14.4. The second-order valence-corrected chi connectivity index (χ2v) is 9.29. The molecule has 1 aliphatic rings. The quantitative estimate of drug-likeness (QED) is 0.278. The van der Waals surface area contributed by atoms with Crippen LogP contribution in [0.1, 0.15) is 6.23 Å². The largest absolute Gasteiger partial charge is 0.756 e. The van der Waals surface area contributed by atoms with Crippen molar-refractivity contribution in [2.45, 2.75) is 24.5 Å². The van der Waals surface area contributed by atoms with Crippen LogP contribution >= 0.6 is 23.9 Å². The van der Waals surface area contributed by atoms with Crippen molar-refractivity contribution in [2.75, 3.05) is 13.7 Å². The van der Waals surface area contributed by atoms with E-state index in [0.717, 1.165) is 13.3 Å². The Morgan fingerprint density at radius 1 is 1.27 bits per heavy atom. The predicted molar refractivity (Wildman–Crippen MR) is 84.7 cm³/mol. The van der Waals surface area contributed by atoms with E-state index in [1.165, 1.54) is 0 Å². The highest BCUT2D eigenvalue weighted by atomic mass is 31.3. The lowest BCUT2D eigenvalue weighted by Gasteiger charge is -2.28. The minimum Gasteiger partial charge on any atom is -0.756 e. The number of hydrogen-bond donors (Lipinski definition) is 3. The summed E-state index contributed by atoms with van der Waals surface area (Å²) in [5.74, 6) is -0.347. The van der Waals surface area contributed by atoms with Gasteiger partial charge in [0.1, 0.15) is 18.3 Å². The normalized spacial score (nSPS) is 28.5. The number of nitrogens with one attached hydrogen (secondary N) is 1. The smallest absolute Gasteiger partial charge is 0.496 e. The third-order valence-electron chi connectivity index (χ3n) is 3.53. The Hall–Kier alpha value is -1.32. The Morgan fingerprint density at radius 2 is 1.90 bits per heavy atom. The van der Waals surface area contributed by atoms with Gasteiger partial charge < -0.3 is 38.9 Å². The van der Waals surface area contributed by atoms with Gasteiger partial charge in [0.15, 0.2) is 6.23 Å². The van der Waals surface area contributed by atoms with Crippen LogP contribution in [0.25, 0.3) is 0 Å². The number of hydrogen-bond acceptors (Lipinski definition) is 15. The van der Waals surface area contributed by atoms with Crippen LogP contribution in [0.5, 0.6) is 5.75 Å². The van der Waals surface area contributed by atoms with Crippen molar-refractivity contribution in [3.63, 3.8) is 0 Å². The number of aliphatic hydroxyl groups is 2. The Labute approximate surface area is 166 Å². The number of nitrogens with zero attached hydrogens (tertiary/aromatic N) is 1. The molecule has 1 aromatic heterocycles. The molecule has 0 radical (unpaired) electrons. The van der Waals surface area contributed by atoms with E-state index in [0.29, 0.717) is 4.57 Å². The molecule has 1 aliphatic heterocycles. The molecular weight excluding hydrogens is 481 g/mol. The first-order valence-corrected chi connectivity index (χ1v) is 11.5. The first kappa shape index (κ1) is 24.9. The van der Waals surface area contributed by atoms with E-state index in [9.17, 15) is 48.2 Å². The van der Waals surface area contributed by atoms with Gasteiger partial charge >= 0.3 is 21.8 Å². The number of phosphoric acid groups is 2. The molecule has 0 bridgehead atoms. The maximum Gasteiger partial charge on any atom is 0.496 e. The Morgan fingerprint density at radius 3 is 2.47 bits per heavy atom. The maximum absolute atomic E-state index is 11.9. The van der Waals surface area contributed by atoms with Crippen LogP contribution < -0.4 is 30.7 Å². The molecule has 0 aliphatic carbocycles. The minimum absolute atomic E-state index is 0.347. The third kappa shape index (κ3) is 6.11. The monoisotopic (exact) mass is 494 g/mol. The topological polar surface area (TPSA) is 262 Å². The van der Waals surface area contributed by atoms with Crippen molar-refractivity contribution in [3.05, 3.63) is 27.0 Å². The fraction of sp³-hybridized carbons (Fsp3) is 0.600. The van der Waals surface area contributed by atoms with Gasteiger partial charge in [-0.3, -0.25) is 23.5 Å². The molecule has 0 saturated carbocycles. The number of aliphatic hydroxyl groups excluding tert-OH is 2. The fourth-order valence-corrected chi connectivity index (χ4v) is 4.84. The number of aromatic nitrogens is 2. The summed E-state index contributed by atoms with van der Waals surface area (Å²) >= 11 is 0. The van der Waals surface area contributed by atoms with Crippen molar-refractivity contribution < 1.29 is 61.2 Å². The first-order valence-electron chi connectivity index (χ1n) is 7.49. The first-order chi connectivity index (χ1) is 13.8. The van der Waals surface area contributed by atoms with Gasteiger partial charge in [-0.25, -0.2) is 9.11 Å². The Balaban J connectivity index is 2.12. The van der Waals surface area contributed by atoms with Gasteiger partial charge in [0.25, 0.3) is 13.4 Å². The number of ether oxygens (including phenoxy) is 2. The summed E-state index contributed by atoms with van der Waals surface area (Å²) in [4.78, 5) is 58.1. The molecule has 2 heterocycles. The molecule has 1 aromatic rings. The zero-order valence-corrected chi connectivity index (χ0v) is 17.3. The molecule has 20 heteroatoms. The zero-order chi connectivity index (χ0) is 22.9. The highest BCUT2D eigenvalue weighted by Gasteiger charge is 2.45. The van der Waals surface area contributed by atoms with Gasteiger partial charge in [-0.2, -0.15) is 0 Å². The number of H-pyrrole nitrogens is 1. The Bertz CT molecular complexity index is 1010. The molecule has 17 nitrogen and oxygen atoms in total. The van der Waals surface area contributed by atoms with E-state index in [2.05, 4.69) is 13.1 Å². The standard InChI is InChI=1S/C10H15N2O15P3/c1-23-4-2-12(10(16)11-8(4)15)9-7(14)6(13)5(25-9)3-24-29(19,20)27-30(21,22)26-28(17)18/h2,5-7,9,13-14H,3H2,1H3,(H,19,20)(H,21,22)(H,11,15,16)/p-2. The summed E-state index contributed by atoms with van der Waals surface area (Å²) in [6.45, 7) is -1.12. The molecule has 30 heavy (non-hydrogen) atoms. The number of phosphoric ester groups is 1. The van der Waals surface area contributed by atoms with Gasteiger partial charge in [0.2, 0.25) is 5.75 Å². The van der Waals surface area contributed by atoms with Crippen molar-refractivity contribution in [1.29, 1.82) is 0 Å². The maximum atomic E-state index is 11.9. The molecule has 2 rings (SSSR count). The summed E-state index contributed by atoms with van der Waals surface area (Å²) in [5, 5.41) is 20.1. The van der Waals surface area contributed by atoms with Crippen molar-refractivity contribution in [1.82, 2.24) is 9.55 Å². The van der Waals surface area contributed by atoms with Crippen LogP contribution in [-0.2, 0) is 31.6 Å². The summed E-state index contributed by atoms with van der Waals surface area (Å²) in [5.41, 5.74) is -1.95. The fourth-order valence-electron chi connectivity index (χ4n) is 2.31. The lowest BCUT2D eigenvalue weighted by molar-refractivity contribution is -0.244. The molecule has 1 fully saturated rings. The van der Waals surface area contributed by atoms with Gasteiger partial charge in [0, 0.05) is 0 Å². The van der Waals surface area contributed by atoms with E-state index < -0.39 is 66.3 Å². The van der Waals surface area contributed by atoms with Crippen LogP contribution in [0.15, 0.2) is 15.8 Å². The highest BCUT2D eigenvalue weighted by molar-refractivity contribution is 7.63.